The Balaban J connectivity index is 1.39. The Kier molecular flexibility index (Phi) is 2.64. The summed E-state index contributed by atoms with van der Waals surface area (Å²) in [6.45, 7) is 0.255. The summed E-state index contributed by atoms with van der Waals surface area (Å²) >= 11 is 0. The Morgan fingerprint density at radius 1 is 1.04 bits per heavy atom. The Bertz CT molecular complexity index is 863. The highest BCUT2D eigenvalue weighted by molar-refractivity contribution is 5.61. The molecule has 2 aliphatic rings. The van der Waals surface area contributed by atoms with E-state index >= 15 is 0 Å². The van der Waals surface area contributed by atoms with Crippen molar-refractivity contribution in [1.29, 1.82) is 0 Å². The average molecular weight is 307 g/mol. The molecule has 1 aromatic carbocycles. The lowest BCUT2D eigenvalue weighted by Gasteiger charge is -1.97. The second-order valence-electron chi connectivity index (χ2n) is 5.76. The maximum Gasteiger partial charge on any atom is 0.231 e. The van der Waals surface area contributed by atoms with Crippen molar-refractivity contribution in [2.45, 2.75) is 18.3 Å². The van der Waals surface area contributed by atoms with Crippen LogP contribution < -0.4 is 9.47 Å². The quantitative estimate of drug-likeness (QED) is 0.740. The van der Waals surface area contributed by atoms with Crippen LogP contribution in [0.2, 0.25) is 0 Å². The molecular formula is C17H13N3O3. The molecule has 1 saturated carbocycles. The third-order valence-corrected chi connectivity index (χ3v) is 4.29. The minimum absolute atomic E-state index is 0.255. The van der Waals surface area contributed by atoms with Crippen LogP contribution in [0.3, 0.4) is 0 Å². The molecule has 6 nitrogen and oxygen atoms in total. The number of rotatable bonds is 3. The number of aromatic nitrogens is 3. The molecule has 0 N–H and O–H groups in total. The first-order valence-electron chi connectivity index (χ1n) is 7.52. The van der Waals surface area contributed by atoms with Crippen molar-refractivity contribution >= 4 is 0 Å². The summed E-state index contributed by atoms with van der Waals surface area (Å²) in [6, 6.07) is 9.70. The smallest absolute Gasteiger partial charge is 0.231 e. The average Bonchev–Trinajstić information content (AvgIpc) is 3.04. The van der Waals surface area contributed by atoms with Gasteiger partial charge in [0.2, 0.25) is 18.5 Å². The van der Waals surface area contributed by atoms with Crippen molar-refractivity contribution < 1.29 is 14.0 Å². The Morgan fingerprint density at radius 2 is 2.00 bits per heavy atom. The van der Waals surface area contributed by atoms with Gasteiger partial charge in [-0.1, -0.05) is 11.2 Å². The zero-order valence-electron chi connectivity index (χ0n) is 12.2. The van der Waals surface area contributed by atoms with Gasteiger partial charge in [0.25, 0.3) is 0 Å². The fourth-order valence-corrected chi connectivity index (χ4v) is 2.97. The van der Waals surface area contributed by atoms with Crippen LogP contribution in [-0.2, 0) is 0 Å². The maximum absolute atomic E-state index is 5.46. The van der Waals surface area contributed by atoms with E-state index in [0.29, 0.717) is 23.4 Å². The molecule has 2 unspecified atom stereocenters. The number of hydrogen-bond acceptors (Lipinski definition) is 6. The van der Waals surface area contributed by atoms with E-state index in [1.54, 1.807) is 6.20 Å². The van der Waals surface area contributed by atoms with Crippen LogP contribution in [-0.4, -0.2) is 21.9 Å². The van der Waals surface area contributed by atoms with Crippen molar-refractivity contribution in [2.75, 3.05) is 6.79 Å². The molecule has 23 heavy (non-hydrogen) atoms. The molecular weight excluding hydrogens is 294 g/mol. The molecule has 5 rings (SSSR count). The van der Waals surface area contributed by atoms with Crippen molar-refractivity contribution in [3.05, 3.63) is 54.2 Å². The molecule has 114 valence electrons. The zero-order chi connectivity index (χ0) is 15.2. The molecule has 6 heteroatoms. The molecule has 3 aromatic rings. The van der Waals surface area contributed by atoms with E-state index in [-0.39, 0.29) is 12.7 Å². The van der Waals surface area contributed by atoms with E-state index in [1.807, 2.05) is 30.5 Å². The lowest BCUT2D eigenvalue weighted by molar-refractivity contribution is 0.174. The lowest BCUT2D eigenvalue weighted by atomic mass is 10.1. The maximum atomic E-state index is 5.46. The fraction of sp³-hybridized carbons (Fsp3) is 0.235. The van der Waals surface area contributed by atoms with Crippen molar-refractivity contribution in [3.8, 4) is 22.9 Å². The third kappa shape index (κ3) is 2.14. The minimum Gasteiger partial charge on any atom is -0.454 e. The van der Waals surface area contributed by atoms with Gasteiger partial charge in [0, 0.05) is 23.9 Å². The van der Waals surface area contributed by atoms with Gasteiger partial charge < -0.3 is 14.0 Å². The Labute approximate surface area is 132 Å². The van der Waals surface area contributed by atoms with Gasteiger partial charge in [0.15, 0.2) is 11.5 Å². The van der Waals surface area contributed by atoms with E-state index < -0.39 is 0 Å². The van der Waals surface area contributed by atoms with Crippen LogP contribution in [0, 0.1) is 0 Å². The summed E-state index contributed by atoms with van der Waals surface area (Å²) in [6.07, 6.45) is 4.71. The first-order chi connectivity index (χ1) is 11.4. The van der Waals surface area contributed by atoms with Gasteiger partial charge in [-0.3, -0.25) is 4.98 Å². The van der Waals surface area contributed by atoms with Gasteiger partial charge in [-0.2, -0.15) is 4.98 Å². The summed E-state index contributed by atoms with van der Waals surface area (Å²) in [5.41, 5.74) is 2.09. The lowest BCUT2D eigenvalue weighted by Crippen LogP contribution is -1.92. The van der Waals surface area contributed by atoms with Crippen LogP contribution in [0.25, 0.3) is 11.4 Å². The summed E-state index contributed by atoms with van der Waals surface area (Å²) in [5.74, 6) is 3.44. The van der Waals surface area contributed by atoms with Crippen LogP contribution in [0.4, 0.5) is 0 Å². The van der Waals surface area contributed by atoms with Crippen molar-refractivity contribution in [1.82, 2.24) is 15.1 Å². The topological polar surface area (TPSA) is 70.3 Å². The van der Waals surface area contributed by atoms with E-state index in [9.17, 15) is 0 Å². The molecule has 1 fully saturated rings. The van der Waals surface area contributed by atoms with E-state index in [2.05, 4.69) is 21.2 Å². The van der Waals surface area contributed by atoms with Gasteiger partial charge in [0.1, 0.15) is 0 Å². The monoisotopic (exact) mass is 307 g/mol. The zero-order valence-corrected chi connectivity index (χ0v) is 12.2. The van der Waals surface area contributed by atoms with Gasteiger partial charge in [0.05, 0.1) is 0 Å². The predicted molar refractivity (Wildman–Crippen MR) is 80.2 cm³/mol. The van der Waals surface area contributed by atoms with Gasteiger partial charge in [-0.15, -0.1) is 0 Å². The first kappa shape index (κ1) is 12.6. The predicted octanol–water partition coefficient (Wildman–Crippen LogP) is 3.13. The molecule has 0 radical (unpaired) electrons. The number of fused-ring (bicyclic) bond motifs is 1. The van der Waals surface area contributed by atoms with Crippen LogP contribution in [0.5, 0.6) is 11.5 Å². The minimum atomic E-state index is 0.255. The highest BCUT2D eigenvalue weighted by atomic mass is 16.7. The second kappa shape index (κ2) is 4.81. The summed E-state index contributed by atoms with van der Waals surface area (Å²) < 4.78 is 16.2. The van der Waals surface area contributed by atoms with Crippen LogP contribution in [0.15, 0.2) is 47.2 Å². The van der Waals surface area contributed by atoms with E-state index in [0.717, 1.165) is 17.7 Å². The molecule has 3 heterocycles. The highest BCUT2D eigenvalue weighted by Crippen LogP contribution is 2.54. The van der Waals surface area contributed by atoms with Gasteiger partial charge in [-0.05, 0) is 42.2 Å². The molecule has 0 spiro atoms. The molecule has 1 aliphatic heterocycles. The van der Waals surface area contributed by atoms with E-state index in [1.165, 1.54) is 5.56 Å². The highest BCUT2D eigenvalue weighted by Gasteiger charge is 2.43. The molecule has 2 aromatic heterocycles. The Morgan fingerprint density at radius 3 is 2.91 bits per heavy atom. The number of nitrogens with zero attached hydrogens (tertiary/aromatic N) is 3. The Hall–Kier alpha value is -2.89. The largest absolute Gasteiger partial charge is 0.454 e. The van der Waals surface area contributed by atoms with Gasteiger partial charge in [-0.25, -0.2) is 0 Å². The number of hydrogen-bond donors (Lipinski definition) is 0. The molecule has 0 saturated heterocycles. The standard InChI is InChI=1S/C17H13N3O3/c1-2-11(8-18-5-1)12-7-13(12)17-19-16(20-23-17)10-3-4-14-15(6-10)22-9-21-14/h1-6,8,12-13H,7,9H2. The molecule has 0 bridgehead atoms. The number of ether oxygens (including phenoxy) is 2. The summed E-state index contributed by atoms with van der Waals surface area (Å²) in [5, 5.41) is 4.10. The second-order valence-corrected chi connectivity index (χ2v) is 5.76. The van der Waals surface area contributed by atoms with Crippen LogP contribution >= 0.6 is 0 Å². The van der Waals surface area contributed by atoms with Gasteiger partial charge >= 0.3 is 0 Å². The normalized spacial score (nSPS) is 21.4. The molecule has 2 atom stereocenters. The van der Waals surface area contributed by atoms with Crippen molar-refractivity contribution in [2.24, 2.45) is 0 Å². The summed E-state index contributed by atoms with van der Waals surface area (Å²) in [4.78, 5) is 8.72. The summed E-state index contributed by atoms with van der Waals surface area (Å²) in [7, 11) is 0. The molecule has 1 aliphatic carbocycles. The molecule has 0 amide bonds. The number of benzene rings is 1. The van der Waals surface area contributed by atoms with E-state index in [4.69, 9.17) is 14.0 Å². The first-order valence-corrected chi connectivity index (χ1v) is 7.52. The number of pyridine rings is 1. The van der Waals surface area contributed by atoms with Crippen molar-refractivity contribution in [3.63, 3.8) is 0 Å². The van der Waals surface area contributed by atoms with Crippen LogP contribution in [0.1, 0.15) is 29.7 Å². The third-order valence-electron chi connectivity index (χ3n) is 4.29. The fourth-order valence-electron chi connectivity index (χ4n) is 2.97. The SMILES string of the molecule is c1cncc(C2CC2c2nc(-c3ccc4c(c3)OCO4)no2)c1.